The van der Waals surface area contributed by atoms with Gasteiger partial charge in [-0.25, -0.2) is 0 Å². The van der Waals surface area contributed by atoms with Gasteiger partial charge >= 0.3 is 0 Å². The molecule has 0 amide bonds. The first-order valence-corrected chi connectivity index (χ1v) is 10.6. The van der Waals surface area contributed by atoms with Gasteiger partial charge in [0.25, 0.3) is 0 Å². The first-order valence-electron chi connectivity index (χ1n) is 10.6. The van der Waals surface area contributed by atoms with E-state index in [1.165, 1.54) is 22.0 Å². The van der Waals surface area contributed by atoms with E-state index >= 15 is 0 Å². The highest BCUT2D eigenvalue weighted by Crippen LogP contribution is 2.27. The van der Waals surface area contributed by atoms with Crippen LogP contribution in [0.4, 0.5) is 5.69 Å². The van der Waals surface area contributed by atoms with Gasteiger partial charge in [0.2, 0.25) is 0 Å². The molecule has 1 aliphatic rings. The summed E-state index contributed by atoms with van der Waals surface area (Å²) in [5, 5.41) is 5.98. The Morgan fingerprint density at radius 2 is 1.43 bits per heavy atom. The van der Waals surface area contributed by atoms with E-state index in [2.05, 4.69) is 76.9 Å². The maximum atomic E-state index is 5.96. The van der Waals surface area contributed by atoms with Crippen molar-refractivity contribution < 1.29 is 4.74 Å². The molecule has 1 N–H and O–H groups in total. The maximum absolute atomic E-state index is 5.96. The molecule has 30 heavy (non-hydrogen) atoms. The van der Waals surface area contributed by atoms with Crippen molar-refractivity contribution >= 4 is 16.5 Å². The van der Waals surface area contributed by atoms with Crippen molar-refractivity contribution in [3.8, 4) is 11.5 Å². The van der Waals surface area contributed by atoms with Gasteiger partial charge < -0.3 is 15.0 Å². The monoisotopic (exact) mass is 394 g/mol. The fourth-order valence-corrected chi connectivity index (χ4v) is 3.96. The number of para-hydroxylation sites is 1. The van der Waals surface area contributed by atoms with Gasteiger partial charge in [-0.2, -0.15) is 0 Å². The Morgan fingerprint density at radius 1 is 0.733 bits per heavy atom. The predicted molar refractivity (Wildman–Crippen MR) is 124 cm³/mol. The molecule has 150 valence electrons. The van der Waals surface area contributed by atoms with Crippen LogP contribution in [0.5, 0.6) is 11.5 Å². The van der Waals surface area contributed by atoms with E-state index in [4.69, 9.17) is 4.74 Å². The third kappa shape index (κ3) is 4.32. The first kappa shape index (κ1) is 18.7. The summed E-state index contributed by atoms with van der Waals surface area (Å²) in [4.78, 5) is 2.49. The smallest absolute Gasteiger partial charge is 0.127 e. The zero-order valence-electron chi connectivity index (χ0n) is 17.0. The molecule has 0 spiro atoms. The summed E-state index contributed by atoms with van der Waals surface area (Å²) in [6.45, 7) is 4.16. The van der Waals surface area contributed by atoms with E-state index in [0.29, 0.717) is 5.92 Å². The Bertz CT molecular complexity index is 1100. The van der Waals surface area contributed by atoms with E-state index in [1.807, 2.05) is 30.3 Å². The quantitative estimate of drug-likeness (QED) is 0.425. The van der Waals surface area contributed by atoms with Crippen LogP contribution < -0.4 is 15.0 Å². The Labute approximate surface area is 177 Å². The molecule has 1 heterocycles. The number of fused-ring (bicyclic) bond motifs is 1. The largest absolute Gasteiger partial charge is 0.457 e. The molecular formula is C27H26N2O. The van der Waals surface area contributed by atoms with Crippen molar-refractivity contribution in [3.05, 3.63) is 103 Å². The van der Waals surface area contributed by atoms with Gasteiger partial charge in [0.1, 0.15) is 11.5 Å². The first-order chi connectivity index (χ1) is 14.8. The molecule has 4 aromatic carbocycles. The number of hydrogen-bond acceptors (Lipinski definition) is 3. The van der Waals surface area contributed by atoms with Crippen molar-refractivity contribution in [2.24, 2.45) is 5.92 Å². The normalized spacial score (nSPS) is 13.7. The summed E-state index contributed by atoms with van der Waals surface area (Å²) in [5.74, 6) is 2.42. The number of anilines is 1. The van der Waals surface area contributed by atoms with Crippen LogP contribution in [0.25, 0.3) is 10.8 Å². The number of hydrogen-bond donors (Lipinski definition) is 1. The van der Waals surface area contributed by atoms with Crippen molar-refractivity contribution in [2.45, 2.75) is 6.54 Å². The molecule has 3 heteroatoms. The fourth-order valence-electron chi connectivity index (χ4n) is 3.96. The van der Waals surface area contributed by atoms with Crippen LogP contribution in [0.3, 0.4) is 0 Å². The van der Waals surface area contributed by atoms with E-state index in [1.54, 1.807) is 0 Å². The van der Waals surface area contributed by atoms with Crippen LogP contribution in [-0.2, 0) is 6.54 Å². The van der Waals surface area contributed by atoms with Crippen LogP contribution in [0, 0.1) is 5.92 Å². The predicted octanol–water partition coefficient (Wildman–Crippen LogP) is 5.86. The van der Waals surface area contributed by atoms with Gasteiger partial charge in [0, 0.05) is 37.8 Å². The Balaban J connectivity index is 1.36. The summed E-state index contributed by atoms with van der Waals surface area (Å²) in [6.07, 6.45) is 0. The SMILES string of the molecule is c1ccc(Oc2ccc(N(Cc3ccc4ccccc4c3)CC3CNC3)cc2)cc1. The molecule has 0 atom stereocenters. The summed E-state index contributed by atoms with van der Waals surface area (Å²) in [5.41, 5.74) is 2.57. The zero-order valence-corrected chi connectivity index (χ0v) is 17.0. The number of nitrogens with zero attached hydrogens (tertiary/aromatic N) is 1. The summed E-state index contributed by atoms with van der Waals surface area (Å²) in [6, 6.07) is 33.7. The summed E-state index contributed by atoms with van der Waals surface area (Å²) < 4.78 is 5.96. The molecule has 3 nitrogen and oxygen atoms in total. The summed E-state index contributed by atoms with van der Waals surface area (Å²) in [7, 11) is 0. The average molecular weight is 395 g/mol. The molecule has 0 aromatic heterocycles. The Morgan fingerprint density at radius 3 is 2.17 bits per heavy atom. The minimum Gasteiger partial charge on any atom is -0.457 e. The van der Waals surface area contributed by atoms with Crippen molar-refractivity contribution in [3.63, 3.8) is 0 Å². The van der Waals surface area contributed by atoms with Gasteiger partial charge in [-0.15, -0.1) is 0 Å². The minimum absolute atomic E-state index is 0.700. The molecule has 0 bridgehead atoms. The van der Waals surface area contributed by atoms with Gasteiger partial charge in [0.15, 0.2) is 0 Å². The Kier molecular flexibility index (Phi) is 5.36. The van der Waals surface area contributed by atoms with Crippen LogP contribution in [-0.4, -0.2) is 19.6 Å². The maximum Gasteiger partial charge on any atom is 0.127 e. The van der Waals surface area contributed by atoms with Gasteiger partial charge in [-0.1, -0.05) is 54.6 Å². The van der Waals surface area contributed by atoms with Crippen LogP contribution in [0.2, 0.25) is 0 Å². The van der Waals surface area contributed by atoms with Gasteiger partial charge in [-0.05, 0) is 58.8 Å². The minimum atomic E-state index is 0.700. The second kappa shape index (κ2) is 8.60. The molecule has 0 radical (unpaired) electrons. The van der Waals surface area contributed by atoms with Gasteiger partial charge in [0.05, 0.1) is 0 Å². The third-order valence-electron chi connectivity index (χ3n) is 5.71. The Hall–Kier alpha value is -3.30. The number of nitrogens with one attached hydrogen (secondary N) is 1. The highest BCUT2D eigenvalue weighted by molar-refractivity contribution is 5.83. The summed E-state index contributed by atoms with van der Waals surface area (Å²) >= 11 is 0. The molecule has 0 aliphatic carbocycles. The second-order valence-corrected chi connectivity index (χ2v) is 8.00. The number of ether oxygens (including phenoxy) is 1. The van der Waals surface area contributed by atoms with Crippen LogP contribution in [0.15, 0.2) is 97.1 Å². The molecule has 1 fully saturated rings. The van der Waals surface area contributed by atoms with E-state index in [0.717, 1.165) is 37.7 Å². The molecule has 4 aromatic rings. The lowest BCUT2D eigenvalue weighted by atomic mass is 10.0. The van der Waals surface area contributed by atoms with Crippen molar-refractivity contribution in [1.29, 1.82) is 0 Å². The van der Waals surface area contributed by atoms with E-state index < -0.39 is 0 Å². The fraction of sp³-hybridized carbons (Fsp3) is 0.185. The molecule has 1 aliphatic heterocycles. The lowest BCUT2D eigenvalue weighted by Gasteiger charge is -2.34. The average Bonchev–Trinajstić information content (AvgIpc) is 2.76. The lowest BCUT2D eigenvalue weighted by Crippen LogP contribution is -2.48. The lowest BCUT2D eigenvalue weighted by molar-refractivity contribution is 0.348. The highest BCUT2D eigenvalue weighted by Gasteiger charge is 2.21. The molecule has 1 saturated heterocycles. The topological polar surface area (TPSA) is 24.5 Å². The van der Waals surface area contributed by atoms with Crippen molar-refractivity contribution in [2.75, 3.05) is 24.5 Å². The number of benzene rings is 4. The second-order valence-electron chi connectivity index (χ2n) is 8.00. The third-order valence-corrected chi connectivity index (χ3v) is 5.71. The molecule has 0 unspecified atom stereocenters. The van der Waals surface area contributed by atoms with Crippen molar-refractivity contribution in [1.82, 2.24) is 5.32 Å². The molecule has 5 rings (SSSR count). The zero-order chi connectivity index (χ0) is 20.2. The van der Waals surface area contributed by atoms with Gasteiger partial charge in [-0.3, -0.25) is 0 Å². The van der Waals surface area contributed by atoms with E-state index in [-0.39, 0.29) is 0 Å². The van der Waals surface area contributed by atoms with Crippen LogP contribution >= 0.6 is 0 Å². The highest BCUT2D eigenvalue weighted by atomic mass is 16.5. The standard InChI is InChI=1S/C27H26N2O/c1-2-8-26(9-3-1)30-27-14-12-25(13-15-27)29(20-22-17-28-18-22)19-21-10-11-23-6-4-5-7-24(23)16-21/h1-16,22,28H,17-20H2. The van der Waals surface area contributed by atoms with E-state index in [9.17, 15) is 0 Å². The molecular weight excluding hydrogens is 368 g/mol. The van der Waals surface area contributed by atoms with Crippen LogP contribution in [0.1, 0.15) is 5.56 Å². The number of rotatable bonds is 7. The molecule has 0 saturated carbocycles.